The zero-order chi connectivity index (χ0) is 29.0. The maximum atomic E-state index is 14.1. The van der Waals surface area contributed by atoms with E-state index in [-0.39, 0.29) is 5.75 Å². The van der Waals surface area contributed by atoms with Crippen molar-refractivity contribution in [1.29, 1.82) is 0 Å². The Morgan fingerprint density at radius 1 is 1.00 bits per heavy atom. The molecule has 0 saturated heterocycles. The third-order valence-corrected chi connectivity index (χ3v) is 6.51. The topological polar surface area (TPSA) is 87.7 Å². The highest BCUT2D eigenvalue weighted by molar-refractivity contribution is 7.80. The lowest BCUT2D eigenvalue weighted by atomic mass is 9.92. The lowest BCUT2D eigenvalue weighted by Crippen LogP contribution is -2.58. The van der Waals surface area contributed by atoms with E-state index in [1.807, 2.05) is 65.8 Å². The van der Waals surface area contributed by atoms with Gasteiger partial charge >= 0.3 is 6.09 Å². The van der Waals surface area contributed by atoms with E-state index in [2.05, 4.69) is 23.3 Å². The predicted octanol–water partition coefficient (Wildman–Crippen LogP) is 6.40. The lowest BCUT2D eigenvalue weighted by molar-refractivity contribution is -0.146. The summed E-state index contributed by atoms with van der Waals surface area (Å²) in [4.78, 5) is 42.2. The normalized spacial score (nSPS) is 13.3. The fraction of sp³-hybridized carbons (Fsp3) is 0.483. The van der Waals surface area contributed by atoms with Gasteiger partial charge in [0.05, 0.1) is 10.7 Å². The standard InChI is InChI=1S/C29H40ClN3O4S/c1-17-13-14-20(19(3)15-17)24(25(34)32-23-18(2)11-10-12-21(23)30)33(28(4,5)6)26(35)22(16-38)31-27(36)37-29(7,8)9/h10-15,22,24,38H,16H2,1-9H3,(H,31,36)(H,32,34). The van der Waals surface area contributed by atoms with Crippen LogP contribution in [0.25, 0.3) is 0 Å². The molecule has 9 heteroatoms. The molecule has 0 heterocycles. The number of benzene rings is 2. The number of aryl methyl sites for hydroxylation is 3. The molecule has 0 spiro atoms. The molecule has 2 unspecified atom stereocenters. The van der Waals surface area contributed by atoms with E-state index in [1.165, 1.54) is 4.90 Å². The Morgan fingerprint density at radius 2 is 1.63 bits per heavy atom. The molecule has 3 amide bonds. The molecule has 0 radical (unpaired) electrons. The van der Waals surface area contributed by atoms with E-state index in [0.29, 0.717) is 16.3 Å². The van der Waals surface area contributed by atoms with Gasteiger partial charge in [-0.25, -0.2) is 4.79 Å². The van der Waals surface area contributed by atoms with Gasteiger partial charge in [0.2, 0.25) is 5.91 Å². The first-order chi connectivity index (χ1) is 17.5. The van der Waals surface area contributed by atoms with Crippen molar-refractivity contribution in [3.63, 3.8) is 0 Å². The summed E-state index contributed by atoms with van der Waals surface area (Å²) in [6.45, 7) is 16.5. The first kappa shape index (κ1) is 31.5. The molecule has 2 atom stereocenters. The van der Waals surface area contributed by atoms with Crippen LogP contribution in [0.3, 0.4) is 0 Å². The van der Waals surface area contributed by atoms with E-state index >= 15 is 0 Å². The number of nitrogens with one attached hydrogen (secondary N) is 2. The fourth-order valence-corrected chi connectivity index (χ4v) is 4.68. The van der Waals surface area contributed by atoms with Crippen LogP contribution in [0.2, 0.25) is 5.02 Å². The molecule has 0 aliphatic carbocycles. The molecule has 2 N–H and O–H groups in total. The Balaban J connectivity index is 2.63. The summed E-state index contributed by atoms with van der Waals surface area (Å²) in [5.74, 6) is -0.879. The third kappa shape index (κ3) is 8.14. The SMILES string of the molecule is Cc1ccc(C(C(=O)Nc2c(C)cccc2Cl)N(C(=O)C(CS)NC(=O)OC(C)(C)C)C(C)(C)C)c(C)c1. The second-order valence-electron chi connectivity index (χ2n) is 11.4. The molecule has 38 heavy (non-hydrogen) atoms. The number of alkyl carbamates (subject to hydrolysis) is 1. The summed E-state index contributed by atoms with van der Waals surface area (Å²) >= 11 is 10.8. The molecule has 7 nitrogen and oxygen atoms in total. The van der Waals surface area contributed by atoms with Crippen molar-refractivity contribution in [3.8, 4) is 0 Å². The second-order valence-corrected chi connectivity index (χ2v) is 12.2. The number of hydrogen-bond donors (Lipinski definition) is 3. The molecule has 0 fully saturated rings. The number of carbonyl (C=O) groups is 3. The summed E-state index contributed by atoms with van der Waals surface area (Å²) < 4.78 is 5.37. The van der Waals surface area contributed by atoms with Gasteiger partial charge in [0.1, 0.15) is 17.7 Å². The van der Waals surface area contributed by atoms with E-state index in [0.717, 1.165) is 16.7 Å². The average molecular weight is 562 g/mol. The Kier molecular flexibility index (Phi) is 10.3. The van der Waals surface area contributed by atoms with Gasteiger partial charge in [0.15, 0.2) is 0 Å². The number of anilines is 1. The number of amides is 3. The largest absolute Gasteiger partial charge is 0.444 e. The number of hydrogen-bond acceptors (Lipinski definition) is 5. The molecular weight excluding hydrogens is 522 g/mol. The summed E-state index contributed by atoms with van der Waals surface area (Å²) in [5.41, 5.74) is 2.25. The number of ether oxygens (including phenoxy) is 1. The lowest BCUT2D eigenvalue weighted by Gasteiger charge is -2.43. The Hall–Kier alpha value is -2.71. The van der Waals surface area contributed by atoms with Gasteiger partial charge in [0, 0.05) is 11.3 Å². The maximum Gasteiger partial charge on any atom is 0.408 e. The monoisotopic (exact) mass is 561 g/mol. The molecule has 2 rings (SSSR count). The van der Waals surface area contributed by atoms with Crippen LogP contribution in [0, 0.1) is 20.8 Å². The fourth-order valence-electron chi connectivity index (χ4n) is 4.16. The summed E-state index contributed by atoms with van der Waals surface area (Å²) in [6.07, 6.45) is -0.738. The van der Waals surface area contributed by atoms with Gasteiger partial charge in [-0.05, 0) is 85.1 Å². The number of thiol groups is 1. The van der Waals surface area contributed by atoms with Crippen molar-refractivity contribution >= 4 is 47.8 Å². The highest BCUT2D eigenvalue weighted by Gasteiger charge is 2.42. The van der Waals surface area contributed by atoms with Gasteiger partial charge in [-0.15, -0.1) is 0 Å². The maximum absolute atomic E-state index is 14.1. The van der Waals surface area contributed by atoms with E-state index in [1.54, 1.807) is 32.9 Å². The molecular formula is C29H40ClN3O4S. The van der Waals surface area contributed by atoms with Crippen LogP contribution in [0.5, 0.6) is 0 Å². The van der Waals surface area contributed by atoms with Crippen LogP contribution in [0.4, 0.5) is 10.5 Å². The van der Waals surface area contributed by atoms with Crippen molar-refractivity contribution in [2.24, 2.45) is 0 Å². The molecule has 0 bridgehead atoms. The summed E-state index contributed by atoms with van der Waals surface area (Å²) in [7, 11) is 0. The number of nitrogens with zero attached hydrogens (tertiary/aromatic N) is 1. The van der Waals surface area contributed by atoms with Crippen LogP contribution < -0.4 is 10.6 Å². The molecule has 2 aromatic carbocycles. The molecule has 208 valence electrons. The first-order valence-electron chi connectivity index (χ1n) is 12.5. The van der Waals surface area contributed by atoms with Gasteiger partial charge in [-0.1, -0.05) is 47.5 Å². The van der Waals surface area contributed by atoms with Crippen LogP contribution >= 0.6 is 24.2 Å². The number of carbonyl (C=O) groups excluding carboxylic acids is 3. The third-order valence-electron chi connectivity index (χ3n) is 5.83. The molecule has 0 aliphatic heterocycles. The van der Waals surface area contributed by atoms with E-state index < -0.39 is 41.1 Å². The highest BCUT2D eigenvalue weighted by Crippen LogP contribution is 2.34. The minimum atomic E-state index is -1.03. The van der Waals surface area contributed by atoms with Crippen LogP contribution in [-0.2, 0) is 14.3 Å². The van der Waals surface area contributed by atoms with Crippen LogP contribution in [0.1, 0.15) is 69.8 Å². The Morgan fingerprint density at radius 3 is 2.13 bits per heavy atom. The Bertz CT molecular complexity index is 1170. The summed E-state index contributed by atoms with van der Waals surface area (Å²) in [5, 5.41) is 5.98. The number of halogens is 1. The number of rotatable bonds is 7. The average Bonchev–Trinajstić information content (AvgIpc) is 2.76. The van der Waals surface area contributed by atoms with Gasteiger partial charge in [0.25, 0.3) is 5.91 Å². The van der Waals surface area contributed by atoms with Crippen molar-refractivity contribution in [1.82, 2.24) is 10.2 Å². The van der Waals surface area contributed by atoms with Crippen molar-refractivity contribution in [3.05, 3.63) is 63.7 Å². The van der Waals surface area contributed by atoms with Crippen molar-refractivity contribution in [2.45, 2.75) is 85.5 Å². The predicted molar refractivity (Wildman–Crippen MR) is 157 cm³/mol. The smallest absolute Gasteiger partial charge is 0.408 e. The van der Waals surface area contributed by atoms with Crippen molar-refractivity contribution in [2.75, 3.05) is 11.1 Å². The quantitative estimate of drug-likeness (QED) is 0.342. The van der Waals surface area contributed by atoms with Crippen molar-refractivity contribution < 1.29 is 19.1 Å². The second kappa shape index (κ2) is 12.4. The minimum absolute atomic E-state index is 0.00942. The zero-order valence-corrected chi connectivity index (χ0v) is 25.4. The summed E-state index contributed by atoms with van der Waals surface area (Å²) in [6, 6.07) is 9.03. The zero-order valence-electron chi connectivity index (χ0n) is 23.7. The van der Waals surface area contributed by atoms with Gasteiger partial charge < -0.3 is 20.3 Å². The van der Waals surface area contributed by atoms with Crippen LogP contribution in [0.15, 0.2) is 36.4 Å². The molecule has 0 aliphatic rings. The highest BCUT2D eigenvalue weighted by atomic mass is 35.5. The first-order valence-corrected chi connectivity index (χ1v) is 13.5. The Labute approximate surface area is 237 Å². The van der Waals surface area contributed by atoms with E-state index in [9.17, 15) is 14.4 Å². The molecule has 0 saturated carbocycles. The van der Waals surface area contributed by atoms with Gasteiger partial charge in [-0.2, -0.15) is 12.6 Å². The number of para-hydroxylation sites is 1. The molecule has 0 aromatic heterocycles. The minimum Gasteiger partial charge on any atom is -0.444 e. The van der Waals surface area contributed by atoms with Crippen LogP contribution in [-0.4, -0.2) is 45.7 Å². The van der Waals surface area contributed by atoms with Gasteiger partial charge in [-0.3, -0.25) is 9.59 Å². The van der Waals surface area contributed by atoms with E-state index in [4.69, 9.17) is 16.3 Å². The molecule has 2 aromatic rings.